The Morgan fingerprint density at radius 3 is 1.92 bits per heavy atom. The molecule has 0 unspecified atom stereocenters. The third-order valence-corrected chi connectivity index (χ3v) is 4.32. The largest absolute Gasteiger partial charge is 0.449 e. The molecule has 1 amide bonds. The van der Waals surface area contributed by atoms with Crippen molar-refractivity contribution in [1.29, 1.82) is 0 Å². The summed E-state index contributed by atoms with van der Waals surface area (Å²) in [6, 6.07) is 0. The zero-order valence-corrected chi connectivity index (χ0v) is 16.1. The Morgan fingerprint density at radius 1 is 0.885 bits per heavy atom. The predicted molar refractivity (Wildman–Crippen MR) is 97.7 cm³/mol. The first-order chi connectivity index (χ1) is 12.3. The molecule has 0 bridgehead atoms. The van der Waals surface area contributed by atoms with Gasteiger partial charge in [0.2, 0.25) is 0 Å². The summed E-state index contributed by atoms with van der Waals surface area (Å²) in [5.74, 6) is 0. The van der Waals surface area contributed by atoms with Gasteiger partial charge in [0.25, 0.3) is 0 Å². The Labute approximate surface area is 156 Å². The predicted octanol–water partition coefficient (Wildman–Crippen LogP) is 0.631. The molecule has 0 rings (SSSR count). The quantitative estimate of drug-likeness (QED) is 0.264. The van der Waals surface area contributed by atoms with E-state index in [1.54, 1.807) is 0 Å². The Morgan fingerprint density at radius 2 is 1.38 bits per heavy atom. The summed E-state index contributed by atoms with van der Waals surface area (Å²) in [7, 11) is 1.40. The van der Waals surface area contributed by atoms with Crippen LogP contribution in [-0.2, 0) is 4.74 Å². The summed E-state index contributed by atoms with van der Waals surface area (Å²) < 4.78 is 5.10. The molecule has 8 heteroatoms. The average Bonchev–Trinajstić information content (AvgIpc) is 2.64. The van der Waals surface area contributed by atoms with Gasteiger partial charge in [-0.05, 0) is 6.42 Å². The maximum atomic E-state index is 11.8. The van der Waals surface area contributed by atoms with Crippen LogP contribution in [0, 0.1) is 0 Å². The van der Waals surface area contributed by atoms with Crippen molar-refractivity contribution in [2.75, 3.05) is 26.8 Å². The molecule has 0 radical (unpaired) electrons. The van der Waals surface area contributed by atoms with Gasteiger partial charge in [0.15, 0.2) is 0 Å². The normalized spacial score (nSPS) is 16.0. The Balaban J connectivity index is 3.88. The van der Waals surface area contributed by atoms with Gasteiger partial charge in [-0.15, -0.1) is 0 Å². The number of amides is 1. The van der Waals surface area contributed by atoms with Gasteiger partial charge in [-0.1, -0.05) is 51.9 Å². The highest BCUT2D eigenvalue weighted by Gasteiger charge is 2.31. The molecule has 0 aliphatic rings. The maximum absolute atomic E-state index is 11.8. The van der Waals surface area contributed by atoms with Crippen molar-refractivity contribution >= 4 is 6.09 Å². The first-order valence-electron chi connectivity index (χ1n) is 9.56. The van der Waals surface area contributed by atoms with Crippen LogP contribution in [0.1, 0.15) is 58.3 Å². The fraction of sp³-hybridized carbons (Fsp3) is 0.944. The van der Waals surface area contributed by atoms with E-state index < -0.39 is 37.1 Å². The number of likely N-dealkylation sites (N-methyl/N-ethyl adjacent to an activating group) is 1. The molecule has 0 aliphatic heterocycles. The second kappa shape index (κ2) is 15.2. The third kappa shape index (κ3) is 10.9. The lowest BCUT2D eigenvalue weighted by Gasteiger charge is -2.28. The van der Waals surface area contributed by atoms with Crippen LogP contribution >= 0.6 is 0 Å². The van der Waals surface area contributed by atoms with Crippen molar-refractivity contribution < 1.29 is 35.1 Å². The van der Waals surface area contributed by atoms with Crippen LogP contribution in [0.4, 0.5) is 4.79 Å². The molecule has 5 N–H and O–H groups in total. The number of aliphatic hydroxyl groups excluding tert-OH is 5. The van der Waals surface area contributed by atoms with Crippen molar-refractivity contribution in [3.05, 3.63) is 0 Å². The minimum Gasteiger partial charge on any atom is -0.449 e. The summed E-state index contributed by atoms with van der Waals surface area (Å²) in [5, 5.41) is 47.1. The average molecular weight is 379 g/mol. The van der Waals surface area contributed by atoms with Gasteiger partial charge in [-0.3, -0.25) is 0 Å². The molecule has 0 saturated carbocycles. The van der Waals surface area contributed by atoms with E-state index in [9.17, 15) is 25.2 Å². The molecule has 0 aromatic rings. The molecule has 0 saturated heterocycles. The fourth-order valence-electron chi connectivity index (χ4n) is 2.53. The number of hydrogen-bond donors (Lipinski definition) is 5. The van der Waals surface area contributed by atoms with Gasteiger partial charge < -0.3 is 35.2 Å². The third-order valence-electron chi connectivity index (χ3n) is 4.32. The van der Waals surface area contributed by atoms with Crippen molar-refractivity contribution in [2.45, 2.75) is 82.7 Å². The lowest BCUT2D eigenvalue weighted by Crippen LogP contribution is -2.50. The minimum absolute atomic E-state index is 0.271. The zero-order valence-electron chi connectivity index (χ0n) is 16.1. The molecule has 4 atom stereocenters. The van der Waals surface area contributed by atoms with Gasteiger partial charge >= 0.3 is 6.09 Å². The Bertz CT molecular complexity index is 356. The minimum atomic E-state index is -1.71. The van der Waals surface area contributed by atoms with Crippen LogP contribution in [0.25, 0.3) is 0 Å². The summed E-state index contributed by atoms with van der Waals surface area (Å²) in [6.45, 7) is 1.46. The molecule has 0 aliphatic carbocycles. The van der Waals surface area contributed by atoms with E-state index in [4.69, 9.17) is 9.84 Å². The lowest BCUT2D eigenvalue weighted by molar-refractivity contribution is -0.117. The number of rotatable bonds is 15. The monoisotopic (exact) mass is 379 g/mol. The maximum Gasteiger partial charge on any atom is 0.409 e. The van der Waals surface area contributed by atoms with Crippen molar-refractivity contribution in [2.24, 2.45) is 0 Å². The van der Waals surface area contributed by atoms with E-state index in [2.05, 4.69) is 6.92 Å². The molecule has 0 aromatic carbocycles. The van der Waals surface area contributed by atoms with Crippen LogP contribution in [0.3, 0.4) is 0 Å². The molecule has 0 fully saturated rings. The van der Waals surface area contributed by atoms with E-state index in [0.717, 1.165) is 24.2 Å². The molecular formula is C18H37NO7. The van der Waals surface area contributed by atoms with Gasteiger partial charge in [0.05, 0.1) is 19.8 Å². The van der Waals surface area contributed by atoms with Crippen LogP contribution in [-0.4, -0.2) is 87.7 Å². The number of carbonyl (C=O) groups excluding carboxylic acids is 1. The van der Waals surface area contributed by atoms with Crippen LogP contribution in [0.15, 0.2) is 0 Å². The van der Waals surface area contributed by atoms with Crippen LogP contribution in [0.5, 0.6) is 0 Å². The first kappa shape index (κ1) is 25.1. The van der Waals surface area contributed by atoms with Gasteiger partial charge in [-0.25, -0.2) is 4.79 Å². The number of aliphatic hydroxyl groups is 5. The Kier molecular flexibility index (Phi) is 14.6. The summed E-state index contributed by atoms with van der Waals surface area (Å²) >= 11 is 0. The standard InChI is InChI=1S/C18H37NO7/c1-3-4-5-6-7-8-9-10-11-26-18(25)19(2)12-14(21)16(23)17(24)15(22)13-20/h14-17,20-24H,3-13H2,1-2H3/t14-,15+,16+,17+/m0/s1. The Hall–Kier alpha value is -0.930. The highest BCUT2D eigenvalue weighted by molar-refractivity contribution is 5.67. The SMILES string of the molecule is CCCCCCCCCCOC(=O)N(C)C[C@H](O)[C@@H](O)[C@H](O)[C@H](O)CO. The molecule has 0 heterocycles. The number of ether oxygens (including phenoxy) is 1. The van der Waals surface area contributed by atoms with E-state index in [-0.39, 0.29) is 6.54 Å². The second-order valence-corrected chi connectivity index (χ2v) is 6.77. The number of nitrogens with zero attached hydrogens (tertiary/aromatic N) is 1. The highest BCUT2D eigenvalue weighted by Crippen LogP contribution is 2.09. The number of unbranched alkanes of at least 4 members (excludes halogenated alkanes) is 7. The molecule has 156 valence electrons. The van der Waals surface area contributed by atoms with Crippen LogP contribution in [0.2, 0.25) is 0 Å². The first-order valence-corrected chi connectivity index (χ1v) is 9.56. The summed E-state index contributed by atoms with van der Waals surface area (Å²) in [6.07, 6.45) is 2.03. The van der Waals surface area contributed by atoms with Gasteiger partial charge in [-0.2, -0.15) is 0 Å². The van der Waals surface area contributed by atoms with Crippen LogP contribution < -0.4 is 0 Å². The van der Waals surface area contributed by atoms with E-state index in [1.807, 2.05) is 0 Å². The van der Waals surface area contributed by atoms with E-state index in [0.29, 0.717) is 6.61 Å². The van der Waals surface area contributed by atoms with E-state index in [1.165, 1.54) is 39.2 Å². The van der Waals surface area contributed by atoms with Gasteiger partial charge in [0.1, 0.15) is 24.4 Å². The molecule has 8 nitrogen and oxygen atoms in total. The smallest absolute Gasteiger partial charge is 0.409 e. The van der Waals surface area contributed by atoms with Crippen molar-refractivity contribution in [3.63, 3.8) is 0 Å². The molecule has 26 heavy (non-hydrogen) atoms. The highest BCUT2D eigenvalue weighted by atomic mass is 16.6. The zero-order chi connectivity index (χ0) is 19.9. The topological polar surface area (TPSA) is 131 Å². The van der Waals surface area contributed by atoms with Gasteiger partial charge in [0, 0.05) is 7.05 Å². The number of carbonyl (C=O) groups is 1. The van der Waals surface area contributed by atoms with Crippen molar-refractivity contribution in [3.8, 4) is 0 Å². The summed E-state index contributed by atoms with van der Waals surface area (Å²) in [5.41, 5.74) is 0. The molecule has 0 spiro atoms. The second-order valence-electron chi connectivity index (χ2n) is 6.77. The summed E-state index contributed by atoms with van der Waals surface area (Å²) in [4.78, 5) is 12.9. The number of hydrogen-bond acceptors (Lipinski definition) is 7. The lowest BCUT2D eigenvalue weighted by atomic mass is 10.0. The fourth-order valence-corrected chi connectivity index (χ4v) is 2.53. The molecule has 0 aromatic heterocycles. The van der Waals surface area contributed by atoms with E-state index >= 15 is 0 Å². The molecular weight excluding hydrogens is 342 g/mol. The van der Waals surface area contributed by atoms with Crippen molar-refractivity contribution in [1.82, 2.24) is 4.90 Å².